The summed E-state index contributed by atoms with van der Waals surface area (Å²) < 4.78 is 2.40. The van der Waals surface area contributed by atoms with Gasteiger partial charge in [-0.25, -0.2) is 0 Å². The standard InChI is InChI=1S/C12H18N2O/c1-8-6-11(7-13-10(3)15)9(2)14(8)12-4-5-12/h6,12H,4-5,7H2,1-3H3,(H,13,15). The highest BCUT2D eigenvalue weighted by Gasteiger charge is 2.26. The van der Waals surface area contributed by atoms with Crippen LogP contribution in [0, 0.1) is 13.8 Å². The van der Waals surface area contributed by atoms with Gasteiger partial charge in [0.2, 0.25) is 5.91 Å². The smallest absolute Gasteiger partial charge is 0.217 e. The third-order valence-corrected chi connectivity index (χ3v) is 3.03. The first kappa shape index (κ1) is 10.3. The van der Waals surface area contributed by atoms with Crippen molar-refractivity contribution in [2.45, 2.75) is 46.2 Å². The summed E-state index contributed by atoms with van der Waals surface area (Å²) in [4.78, 5) is 10.8. The number of carbonyl (C=O) groups excluding carboxylic acids is 1. The number of aromatic nitrogens is 1. The molecule has 1 aromatic rings. The van der Waals surface area contributed by atoms with Gasteiger partial charge in [0.25, 0.3) is 0 Å². The van der Waals surface area contributed by atoms with Crippen molar-refractivity contribution in [1.82, 2.24) is 9.88 Å². The van der Waals surface area contributed by atoms with Crippen LogP contribution in [-0.4, -0.2) is 10.5 Å². The lowest BCUT2D eigenvalue weighted by Gasteiger charge is -2.07. The molecule has 0 bridgehead atoms. The number of nitrogens with zero attached hydrogens (tertiary/aromatic N) is 1. The van der Waals surface area contributed by atoms with Crippen LogP contribution in [-0.2, 0) is 11.3 Å². The number of aryl methyl sites for hydroxylation is 1. The van der Waals surface area contributed by atoms with Crippen LogP contribution in [0.25, 0.3) is 0 Å². The average Bonchev–Trinajstić information content (AvgIpc) is 2.92. The Bertz CT molecular complexity index is 389. The van der Waals surface area contributed by atoms with Crippen molar-refractivity contribution in [2.24, 2.45) is 0 Å². The van der Waals surface area contributed by atoms with Gasteiger partial charge in [-0.05, 0) is 38.3 Å². The summed E-state index contributed by atoms with van der Waals surface area (Å²) in [5.74, 6) is 0.0335. The zero-order valence-corrected chi connectivity index (χ0v) is 9.63. The Morgan fingerprint density at radius 3 is 2.73 bits per heavy atom. The summed E-state index contributed by atoms with van der Waals surface area (Å²) in [5, 5.41) is 2.85. The molecule has 0 spiro atoms. The fourth-order valence-corrected chi connectivity index (χ4v) is 2.14. The average molecular weight is 206 g/mol. The predicted octanol–water partition coefficient (Wildman–Crippen LogP) is 2.08. The van der Waals surface area contributed by atoms with Gasteiger partial charge in [-0.1, -0.05) is 0 Å². The molecule has 1 amide bonds. The highest BCUT2D eigenvalue weighted by Crippen LogP contribution is 2.38. The Morgan fingerprint density at radius 1 is 1.53 bits per heavy atom. The molecule has 1 saturated carbocycles. The monoisotopic (exact) mass is 206 g/mol. The Morgan fingerprint density at radius 2 is 2.20 bits per heavy atom. The zero-order chi connectivity index (χ0) is 11.0. The molecule has 1 N–H and O–H groups in total. The molecule has 1 fully saturated rings. The van der Waals surface area contributed by atoms with Crippen LogP contribution >= 0.6 is 0 Å². The van der Waals surface area contributed by atoms with Crippen molar-refractivity contribution >= 4 is 5.91 Å². The third kappa shape index (κ3) is 2.06. The lowest BCUT2D eigenvalue weighted by Crippen LogP contribution is -2.19. The van der Waals surface area contributed by atoms with Crippen molar-refractivity contribution in [1.29, 1.82) is 0 Å². The second-order valence-electron chi connectivity index (χ2n) is 4.41. The van der Waals surface area contributed by atoms with Gasteiger partial charge in [-0.2, -0.15) is 0 Å². The van der Waals surface area contributed by atoms with E-state index < -0.39 is 0 Å². The molecular formula is C12H18N2O. The Kier molecular flexibility index (Phi) is 2.55. The number of carbonyl (C=O) groups is 1. The van der Waals surface area contributed by atoms with Crippen LogP contribution in [0.2, 0.25) is 0 Å². The van der Waals surface area contributed by atoms with Gasteiger partial charge in [-0.15, -0.1) is 0 Å². The minimum absolute atomic E-state index is 0.0335. The van der Waals surface area contributed by atoms with E-state index in [1.807, 2.05) is 0 Å². The summed E-state index contributed by atoms with van der Waals surface area (Å²) in [7, 11) is 0. The molecule has 1 heterocycles. The third-order valence-electron chi connectivity index (χ3n) is 3.03. The van der Waals surface area contributed by atoms with Gasteiger partial charge >= 0.3 is 0 Å². The lowest BCUT2D eigenvalue weighted by atomic mass is 10.2. The molecule has 1 aliphatic rings. The van der Waals surface area contributed by atoms with Crippen LogP contribution in [0.5, 0.6) is 0 Å². The highest BCUT2D eigenvalue weighted by molar-refractivity contribution is 5.72. The molecule has 82 valence electrons. The van der Waals surface area contributed by atoms with E-state index >= 15 is 0 Å². The van der Waals surface area contributed by atoms with Crippen LogP contribution in [0.3, 0.4) is 0 Å². The van der Waals surface area contributed by atoms with E-state index in [-0.39, 0.29) is 5.91 Å². The van der Waals surface area contributed by atoms with Gasteiger partial charge in [0.1, 0.15) is 0 Å². The quantitative estimate of drug-likeness (QED) is 0.807. The van der Waals surface area contributed by atoms with E-state index in [4.69, 9.17) is 0 Å². The molecule has 2 rings (SSSR count). The van der Waals surface area contributed by atoms with Crippen molar-refractivity contribution in [2.75, 3.05) is 0 Å². The van der Waals surface area contributed by atoms with Crippen molar-refractivity contribution in [3.63, 3.8) is 0 Å². The number of amides is 1. The molecule has 0 unspecified atom stereocenters. The second-order valence-corrected chi connectivity index (χ2v) is 4.41. The Balaban J connectivity index is 2.17. The summed E-state index contributed by atoms with van der Waals surface area (Å²) in [5.41, 5.74) is 3.87. The molecule has 0 aliphatic heterocycles. The van der Waals surface area contributed by atoms with Gasteiger partial charge in [-0.3, -0.25) is 4.79 Å². The summed E-state index contributed by atoms with van der Waals surface area (Å²) in [6.45, 7) is 6.49. The van der Waals surface area contributed by atoms with Crippen molar-refractivity contribution in [3.8, 4) is 0 Å². The maximum absolute atomic E-state index is 10.8. The fraction of sp³-hybridized carbons (Fsp3) is 0.583. The van der Waals surface area contributed by atoms with E-state index in [1.54, 1.807) is 6.92 Å². The second kappa shape index (κ2) is 3.72. The van der Waals surface area contributed by atoms with E-state index in [1.165, 1.54) is 29.8 Å². The van der Waals surface area contributed by atoms with E-state index in [2.05, 4.69) is 29.8 Å². The normalized spacial score (nSPS) is 15.4. The molecule has 0 saturated heterocycles. The van der Waals surface area contributed by atoms with Gasteiger partial charge < -0.3 is 9.88 Å². The lowest BCUT2D eigenvalue weighted by molar-refractivity contribution is -0.119. The van der Waals surface area contributed by atoms with Crippen LogP contribution in [0.15, 0.2) is 6.07 Å². The van der Waals surface area contributed by atoms with Gasteiger partial charge in [0.15, 0.2) is 0 Å². The molecule has 3 heteroatoms. The number of hydrogen-bond donors (Lipinski definition) is 1. The van der Waals surface area contributed by atoms with Crippen LogP contribution in [0.1, 0.15) is 42.8 Å². The molecule has 0 aromatic carbocycles. The molecule has 0 radical (unpaired) electrons. The predicted molar refractivity (Wildman–Crippen MR) is 59.7 cm³/mol. The number of nitrogens with one attached hydrogen (secondary N) is 1. The zero-order valence-electron chi connectivity index (χ0n) is 9.63. The maximum atomic E-state index is 10.8. The minimum atomic E-state index is 0.0335. The molecule has 1 aromatic heterocycles. The van der Waals surface area contributed by atoms with Gasteiger partial charge in [0, 0.05) is 30.9 Å². The van der Waals surface area contributed by atoms with E-state index in [9.17, 15) is 4.79 Å². The maximum Gasteiger partial charge on any atom is 0.217 e. The first-order valence-electron chi connectivity index (χ1n) is 5.51. The topological polar surface area (TPSA) is 34.0 Å². The summed E-state index contributed by atoms with van der Waals surface area (Å²) >= 11 is 0. The van der Waals surface area contributed by atoms with Gasteiger partial charge in [0.05, 0.1) is 0 Å². The Hall–Kier alpha value is -1.25. The largest absolute Gasteiger partial charge is 0.352 e. The highest BCUT2D eigenvalue weighted by atomic mass is 16.1. The summed E-state index contributed by atoms with van der Waals surface area (Å²) in [6.07, 6.45) is 2.60. The molecule has 3 nitrogen and oxygen atoms in total. The first-order valence-corrected chi connectivity index (χ1v) is 5.51. The van der Waals surface area contributed by atoms with E-state index in [0.29, 0.717) is 6.54 Å². The molecular weight excluding hydrogens is 188 g/mol. The summed E-state index contributed by atoms with van der Waals surface area (Å²) in [6, 6.07) is 2.90. The SMILES string of the molecule is CC(=O)NCc1cc(C)n(C2CC2)c1C. The van der Waals surface area contributed by atoms with Crippen molar-refractivity contribution in [3.05, 3.63) is 23.0 Å². The van der Waals surface area contributed by atoms with Crippen molar-refractivity contribution < 1.29 is 4.79 Å². The molecule has 15 heavy (non-hydrogen) atoms. The minimum Gasteiger partial charge on any atom is -0.352 e. The van der Waals surface area contributed by atoms with Crippen LogP contribution in [0.4, 0.5) is 0 Å². The van der Waals surface area contributed by atoms with E-state index in [0.717, 1.165) is 6.04 Å². The number of rotatable bonds is 3. The Labute approximate surface area is 90.5 Å². The van der Waals surface area contributed by atoms with Crippen LogP contribution < -0.4 is 5.32 Å². The molecule has 0 atom stereocenters. The fourth-order valence-electron chi connectivity index (χ4n) is 2.14. The number of hydrogen-bond acceptors (Lipinski definition) is 1. The first-order chi connectivity index (χ1) is 7.09. The molecule has 1 aliphatic carbocycles.